The molecule has 1 saturated carbocycles. The Kier molecular flexibility index (Phi) is 9.45. The fourth-order valence-electron chi connectivity index (χ4n) is 3.60. The molecule has 1 rings (SSSR count). The second-order valence-electron chi connectivity index (χ2n) is 9.38. The normalized spacial score (nSPS) is 31.6. The van der Waals surface area contributed by atoms with Crippen molar-refractivity contribution in [2.45, 2.75) is 76.9 Å². The lowest BCUT2D eigenvalue weighted by molar-refractivity contribution is -0.116. The van der Waals surface area contributed by atoms with Crippen LogP contribution >= 0.6 is 21.3 Å². The topological polar surface area (TPSA) is 49.7 Å². The van der Waals surface area contributed by atoms with E-state index in [1.54, 1.807) is 6.92 Å². The molecule has 0 bridgehead atoms. The molecule has 3 nitrogen and oxygen atoms in total. The van der Waals surface area contributed by atoms with E-state index in [-0.39, 0.29) is 0 Å². The maximum absolute atomic E-state index is 10.5. The summed E-state index contributed by atoms with van der Waals surface area (Å²) in [5.74, 6) is 0.552. The van der Waals surface area contributed by atoms with Crippen LogP contribution in [0.25, 0.3) is 0 Å². The Bertz CT molecular complexity index is 637. The van der Waals surface area contributed by atoms with Crippen molar-refractivity contribution in [2.75, 3.05) is 36.7 Å². The SMILES string of the molecule is [B][C@@H]1C[C@H](OC(C)(C)[P+](=C)CP(=C)(CC)CCP(=C)(CC)CC)[C@@H](O)[C@@]1(C)O. The van der Waals surface area contributed by atoms with Gasteiger partial charge in [-0.3, -0.25) is 0 Å². The van der Waals surface area contributed by atoms with Gasteiger partial charge in [-0.1, -0.05) is 34.0 Å². The van der Waals surface area contributed by atoms with Crippen LogP contribution in [0.15, 0.2) is 0 Å². The van der Waals surface area contributed by atoms with Crippen LogP contribution in [0.1, 0.15) is 48.0 Å². The Labute approximate surface area is 176 Å². The highest BCUT2D eigenvalue weighted by atomic mass is 31.2. The van der Waals surface area contributed by atoms with Crippen molar-refractivity contribution < 1.29 is 14.9 Å². The van der Waals surface area contributed by atoms with E-state index in [4.69, 9.17) is 18.9 Å². The van der Waals surface area contributed by atoms with Crippen LogP contribution in [-0.4, -0.2) is 96.8 Å². The minimum atomic E-state index is -1.34. The fraction of sp³-hybridized carbons (Fsp3) is 0.857. The number of rotatable bonds is 11. The maximum atomic E-state index is 10.5. The van der Waals surface area contributed by atoms with Gasteiger partial charge >= 0.3 is 0 Å². The molecule has 0 spiro atoms. The first kappa shape index (κ1) is 26.7. The van der Waals surface area contributed by atoms with E-state index in [0.29, 0.717) is 6.42 Å². The van der Waals surface area contributed by atoms with Crippen molar-refractivity contribution >= 4 is 48.1 Å². The predicted molar refractivity (Wildman–Crippen MR) is 138 cm³/mol. The number of hydrogen-bond acceptors (Lipinski definition) is 3. The quantitative estimate of drug-likeness (QED) is 0.365. The third-order valence-corrected chi connectivity index (χ3v) is 19.0. The molecule has 0 aliphatic heterocycles. The first-order chi connectivity index (χ1) is 12.7. The molecular formula is C21H43BO3P3+. The number of aliphatic hydroxyl groups is 2. The summed E-state index contributed by atoms with van der Waals surface area (Å²) in [6.07, 6.45) is 18.8. The van der Waals surface area contributed by atoms with E-state index in [0.717, 1.165) is 12.1 Å². The second kappa shape index (κ2) is 9.89. The van der Waals surface area contributed by atoms with Gasteiger partial charge in [0.25, 0.3) is 0 Å². The van der Waals surface area contributed by atoms with E-state index in [1.165, 1.54) is 24.6 Å². The van der Waals surface area contributed by atoms with Gasteiger partial charge in [0.1, 0.15) is 19.6 Å². The Balaban J connectivity index is 2.82. The zero-order chi connectivity index (χ0) is 22.0. The third-order valence-electron chi connectivity index (χ3n) is 6.92. The van der Waals surface area contributed by atoms with Crippen LogP contribution < -0.4 is 0 Å². The van der Waals surface area contributed by atoms with E-state index in [1.807, 2.05) is 0 Å². The van der Waals surface area contributed by atoms with Gasteiger partial charge < -0.3 is 14.9 Å². The summed E-state index contributed by atoms with van der Waals surface area (Å²) in [5.41, 5.74) is -1.31. The lowest BCUT2D eigenvalue weighted by Crippen LogP contribution is -2.44. The van der Waals surface area contributed by atoms with Crippen molar-refractivity contribution in [1.29, 1.82) is 0 Å². The van der Waals surface area contributed by atoms with Gasteiger partial charge in [0.2, 0.25) is 5.34 Å². The van der Waals surface area contributed by atoms with Gasteiger partial charge in [0, 0.05) is 13.8 Å². The van der Waals surface area contributed by atoms with E-state index in [9.17, 15) is 10.2 Å². The molecule has 2 N–H and O–H groups in total. The average molecular weight is 447 g/mol. The van der Waals surface area contributed by atoms with E-state index in [2.05, 4.69) is 47.2 Å². The van der Waals surface area contributed by atoms with Crippen LogP contribution in [0.3, 0.4) is 0 Å². The first-order valence-electron chi connectivity index (χ1n) is 10.5. The van der Waals surface area contributed by atoms with Gasteiger partial charge in [-0.25, -0.2) is 0 Å². The molecular weight excluding hydrogens is 404 g/mol. The molecule has 2 unspecified atom stereocenters. The van der Waals surface area contributed by atoms with Crippen LogP contribution in [0, 0.1) is 0 Å². The highest BCUT2D eigenvalue weighted by molar-refractivity contribution is 7.84. The van der Waals surface area contributed by atoms with E-state index >= 15 is 0 Å². The lowest BCUT2D eigenvalue weighted by Gasteiger charge is -2.31. The van der Waals surface area contributed by atoms with Crippen molar-refractivity contribution in [1.82, 2.24) is 0 Å². The van der Waals surface area contributed by atoms with Crippen molar-refractivity contribution in [3.05, 3.63) is 0 Å². The van der Waals surface area contributed by atoms with Gasteiger partial charge in [-0.15, -0.1) is 13.2 Å². The molecule has 2 radical (unpaired) electrons. The average Bonchev–Trinajstić information content (AvgIpc) is 2.82. The minimum absolute atomic E-state index is 0.453. The lowest BCUT2D eigenvalue weighted by atomic mass is 9.76. The van der Waals surface area contributed by atoms with Crippen LogP contribution in [-0.2, 0) is 4.74 Å². The highest BCUT2D eigenvalue weighted by Gasteiger charge is 2.51. The molecule has 162 valence electrons. The summed E-state index contributed by atoms with van der Waals surface area (Å²) < 4.78 is 6.32. The standard InChI is InChI=1S/C21H43BO3P3/c1-10-27(8,11-2)13-14-28(9,12-3)16-26(7)20(4,5)25-17-15-18(22)21(6,24)19(17)23/h17-19,23-24H,7-16H2,1-6H3/q+1/t17-,18+,19+,21-,28?/m0/s1. The van der Waals surface area contributed by atoms with Crippen LogP contribution in [0.5, 0.6) is 0 Å². The molecule has 1 aliphatic rings. The van der Waals surface area contributed by atoms with Crippen molar-refractivity contribution in [3.8, 4) is 0 Å². The summed E-state index contributed by atoms with van der Waals surface area (Å²) in [6, 6.07) is 0. The summed E-state index contributed by atoms with van der Waals surface area (Å²) in [6.45, 7) is 10.1. The van der Waals surface area contributed by atoms with Gasteiger partial charge in [0.05, 0.1) is 25.9 Å². The Morgan fingerprint density at radius 2 is 1.61 bits per heavy atom. The molecule has 0 aromatic rings. The third kappa shape index (κ3) is 6.36. The molecule has 1 aliphatic carbocycles. The monoisotopic (exact) mass is 447 g/mol. The number of aliphatic hydroxyl groups excluding tert-OH is 1. The molecule has 1 fully saturated rings. The Hall–Kier alpha value is 0.715. The smallest absolute Gasteiger partial charge is 0.219 e. The van der Waals surface area contributed by atoms with Crippen molar-refractivity contribution in [2.24, 2.45) is 0 Å². The highest BCUT2D eigenvalue weighted by Crippen LogP contribution is 2.59. The zero-order valence-corrected chi connectivity index (χ0v) is 21.7. The molecule has 0 aromatic heterocycles. The van der Waals surface area contributed by atoms with E-state index < -0.39 is 50.3 Å². The van der Waals surface area contributed by atoms with Crippen LogP contribution in [0.2, 0.25) is 5.82 Å². The number of ether oxygens (including phenoxy) is 1. The van der Waals surface area contributed by atoms with Gasteiger partial charge in [0.15, 0.2) is 0 Å². The molecule has 0 amide bonds. The number of hydrogen-bond donors (Lipinski definition) is 2. The predicted octanol–water partition coefficient (Wildman–Crippen LogP) is 4.41. The summed E-state index contributed by atoms with van der Waals surface area (Å²) in [7, 11) is 5.33. The molecule has 0 heterocycles. The summed E-state index contributed by atoms with van der Waals surface area (Å²) >= 11 is 0. The Morgan fingerprint density at radius 3 is 2.00 bits per heavy atom. The molecule has 0 saturated heterocycles. The van der Waals surface area contributed by atoms with Crippen LogP contribution in [0.4, 0.5) is 0 Å². The Morgan fingerprint density at radius 1 is 1.14 bits per heavy atom. The minimum Gasteiger partial charge on any atom is -0.388 e. The maximum Gasteiger partial charge on any atom is 0.219 e. The van der Waals surface area contributed by atoms with Crippen molar-refractivity contribution in [3.63, 3.8) is 0 Å². The zero-order valence-electron chi connectivity index (χ0n) is 19.0. The molecule has 7 heteroatoms. The summed E-state index contributed by atoms with van der Waals surface area (Å²) in [4.78, 5) is 0. The second-order valence-corrected chi connectivity index (χ2v) is 20.8. The van der Waals surface area contributed by atoms with Gasteiger partial charge in [-0.2, -0.15) is 0 Å². The first-order valence-corrected chi connectivity index (χ1v) is 17.3. The molecule has 6 atom stereocenters. The largest absolute Gasteiger partial charge is 0.388 e. The molecule has 28 heavy (non-hydrogen) atoms. The fourth-order valence-corrected chi connectivity index (χ4v) is 14.3. The summed E-state index contributed by atoms with van der Waals surface area (Å²) in [5, 5.41) is 20.4. The molecule has 0 aromatic carbocycles. The van der Waals surface area contributed by atoms with Gasteiger partial charge in [-0.05, 0) is 50.0 Å².